The fourth-order valence-electron chi connectivity index (χ4n) is 2.17. The number of hydrogen-bond donors (Lipinski definition) is 1. The molecule has 1 N–H and O–H groups in total. The summed E-state index contributed by atoms with van der Waals surface area (Å²) < 4.78 is 0. The number of aromatic amines is 1. The minimum atomic E-state index is 0.668. The van der Waals surface area contributed by atoms with Crippen LogP contribution < -0.4 is 0 Å². The first-order valence-electron chi connectivity index (χ1n) is 4.96. The SMILES string of the molecule is Cc1cn[nH]c1[C@H]1CCCN(C)C1. The van der Waals surface area contributed by atoms with E-state index >= 15 is 0 Å². The van der Waals surface area contributed by atoms with Gasteiger partial charge in [-0.1, -0.05) is 0 Å². The lowest BCUT2D eigenvalue weighted by Crippen LogP contribution is -2.31. The van der Waals surface area contributed by atoms with E-state index < -0.39 is 0 Å². The van der Waals surface area contributed by atoms with Gasteiger partial charge in [0.05, 0.1) is 6.20 Å². The Balaban J connectivity index is 2.12. The summed E-state index contributed by atoms with van der Waals surface area (Å²) in [5.41, 5.74) is 2.65. The fraction of sp³-hybridized carbons (Fsp3) is 0.700. The molecule has 0 bridgehead atoms. The van der Waals surface area contributed by atoms with E-state index in [0.29, 0.717) is 5.92 Å². The van der Waals surface area contributed by atoms with Crippen LogP contribution in [0.5, 0.6) is 0 Å². The van der Waals surface area contributed by atoms with Gasteiger partial charge in [-0.15, -0.1) is 0 Å². The third-order valence-electron chi connectivity index (χ3n) is 2.90. The quantitative estimate of drug-likeness (QED) is 0.709. The molecule has 2 heterocycles. The molecule has 3 nitrogen and oxygen atoms in total. The molecule has 1 aromatic heterocycles. The molecular formula is C10H17N3. The number of H-pyrrole nitrogens is 1. The van der Waals surface area contributed by atoms with Crippen molar-refractivity contribution in [2.24, 2.45) is 0 Å². The zero-order valence-corrected chi connectivity index (χ0v) is 8.38. The van der Waals surface area contributed by atoms with E-state index in [1.54, 1.807) is 0 Å². The summed E-state index contributed by atoms with van der Waals surface area (Å²) in [7, 11) is 2.19. The van der Waals surface area contributed by atoms with Crippen molar-refractivity contribution in [2.45, 2.75) is 25.7 Å². The highest BCUT2D eigenvalue weighted by atomic mass is 15.1. The number of aryl methyl sites for hydroxylation is 1. The van der Waals surface area contributed by atoms with Gasteiger partial charge >= 0.3 is 0 Å². The molecule has 72 valence electrons. The lowest BCUT2D eigenvalue weighted by atomic mass is 9.93. The first kappa shape index (κ1) is 8.75. The van der Waals surface area contributed by atoms with Gasteiger partial charge in [0.2, 0.25) is 0 Å². The van der Waals surface area contributed by atoms with E-state index in [1.807, 2.05) is 6.20 Å². The Labute approximate surface area is 79.1 Å². The van der Waals surface area contributed by atoms with Crippen molar-refractivity contribution in [3.05, 3.63) is 17.5 Å². The monoisotopic (exact) mass is 179 g/mol. The molecule has 0 saturated carbocycles. The molecule has 1 saturated heterocycles. The van der Waals surface area contributed by atoms with Gasteiger partial charge in [0, 0.05) is 18.2 Å². The molecule has 0 aliphatic carbocycles. The maximum atomic E-state index is 4.08. The average molecular weight is 179 g/mol. The zero-order valence-electron chi connectivity index (χ0n) is 8.38. The van der Waals surface area contributed by atoms with Gasteiger partial charge in [-0.25, -0.2) is 0 Å². The largest absolute Gasteiger partial charge is 0.306 e. The highest BCUT2D eigenvalue weighted by Crippen LogP contribution is 2.26. The molecule has 2 rings (SSSR count). The molecule has 1 aliphatic heterocycles. The first-order valence-corrected chi connectivity index (χ1v) is 4.96. The molecule has 0 aromatic carbocycles. The fourth-order valence-corrected chi connectivity index (χ4v) is 2.17. The van der Waals surface area contributed by atoms with Crippen molar-refractivity contribution in [1.82, 2.24) is 15.1 Å². The molecule has 1 aromatic rings. The van der Waals surface area contributed by atoms with Gasteiger partial charge in [-0.3, -0.25) is 5.10 Å². The topological polar surface area (TPSA) is 31.9 Å². The van der Waals surface area contributed by atoms with E-state index in [4.69, 9.17) is 0 Å². The van der Waals surface area contributed by atoms with Crippen molar-refractivity contribution < 1.29 is 0 Å². The molecular weight excluding hydrogens is 162 g/mol. The van der Waals surface area contributed by atoms with Gasteiger partial charge < -0.3 is 4.90 Å². The zero-order chi connectivity index (χ0) is 9.26. The van der Waals surface area contributed by atoms with Crippen molar-refractivity contribution in [1.29, 1.82) is 0 Å². The summed E-state index contributed by atoms with van der Waals surface area (Å²) in [6.45, 7) is 4.54. The molecule has 1 atom stereocenters. The van der Waals surface area contributed by atoms with Crippen molar-refractivity contribution >= 4 is 0 Å². The van der Waals surface area contributed by atoms with Gasteiger partial charge in [0.15, 0.2) is 0 Å². The Hall–Kier alpha value is -0.830. The Morgan fingerprint density at radius 3 is 3.08 bits per heavy atom. The van der Waals surface area contributed by atoms with Gasteiger partial charge in [-0.05, 0) is 38.9 Å². The minimum Gasteiger partial charge on any atom is -0.306 e. The number of piperidine rings is 1. The van der Waals surface area contributed by atoms with E-state index in [0.717, 1.165) is 0 Å². The highest BCUT2D eigenvalue weighted by molar-refractivity contribution is 5.19. The summed E-state index contributed by atoms with van der Waals surface area (Å²) in [5, 5.41) is 7.20. The van der Waals surface area contributed by atoms with E-state index in [9.17, 15) is 0 Å². The van der Waals surface area contributed by atoms with Gasteiger partial charge in [0.1, 0.15) is 0 Å². The van der Waals surface area contributed by atoms with E-state index in [-0.39, 0.29) is 0 Å². The van der Waals surface area contributed by atoms with Crippen LogP contribution in [0.15, 0.2) is 6.20 Å². The molecule has 0 spiro atoms. The minimum absolute atomic E-state index is 0.668. The molecule has 0 amide bonds. The summed E-state index contributed by atoms with van der Waals surface area (Å²) in [5.74, 6) is 0.668. The van der Waals surface area contributed by atoms with Crippen LogP contribution in [0.2, 0.25) is 0 Å². The number of hydrogen-bond acceptors (Lipinski definition) is 2. The maximum absolute atomic E-state index is 4.08. The summed E-state index contributed by atoms with van der Waals surface area (Å²) in [4.78, 5) is 2.40. The van der Waals surface area contributed by atoms with Crippen molar-refractivity contribution in [3.63, 3.8) is 0 Å². The summed E-state index contributed by atoms with van der Waals surface area (Å²) in [6, 6.07) is 0. The second kappa shape index (κ2) is 3.50. The van der Waals surface area contributed by atoms with Crippen LogP contribution in [-0.2, 0) is 0 Å². The van der Waals surface area contributed by atoms with Gasteiger partial charge in [-0.2, -0.15) is 5.10 Å². The molecule has 0 unspecified atom stereocenters. The molecule has 0 radical (unpaired) electrons. The predicted octanol–water partition coefficient (Wildman–Crippen LogP) is 1.53. The smallest absolute Gasteiger partial charge is 0.0519 e. The Morgan fingerprint density at radius 2 is 2.46 bits per heavy atom. The number of nitrogens with one attached hydrogen (secondary N) is 1. The number of aromatic nitrogens is 2. The third kappa shape index (κ3) is 1.75. The van der Waals surface area contributed by atoms with E-state index in [2.05, 4.69) is 29.1 Å². The van der Waals surface area contributed by atoms with Crippen LogP contribution in [0.4, 0.5) is 0 Å². The number of likely N-dealkylation sites (tertiary alicyclic amines) is 1. The molecule has 1 aliphatic rings. The molecule has 13 heavy (non-hydrogen) atoms. The van der Waals surface area contributed by atoms with Gasteiger partial charge in [0.25, 0.3) is 0 Å². The number of likely N-dealkylation sites (N-methyl/N-ethyl adjacent to an activating group) is 1. The van der Waals surface area contributed by atoms with Crippen LogP contribution in [0.25, 0.3) is 0 Å². The molecule has 3 heteroatoms. The number of nitrogens with zero attached hydrogens (tertiary/aromatic N) is 2. The van der Waals surface area contributed by atoms with Crippen LogP contribution in [-0.4, -0.2) is 35.2 Å². The van der Waals surface area contributed by atoms with Crippen LogP contribution in [0, 0.1) is 6.92 Å². The normalized spacial score (nSPS) is 24.9. The summed E-state index contributed by atoms with van der Waals surface area (Å²) in [6.07, 6.45) is 4.52. The summed E-state index contributed by atoms with van der Waals surface area (Å²) >= 11 is 0. The second-order valence-corrected chi connectivity index (χ2v) is 4.07. The maximum Gasteiger partial charge on any atom is 0.0519 e. The third-order valence-corrected chi connectivity index (χ3v) is 2.90. The highest BCUT2D eigenvalue weighted by Gasteiger charge is 2.21. The van der Waals surface area contributed by atoms with E-state index in [1.165, 1.54) is 37.2 Å². The van der Waals surface area contributed by atoms with Crippen molar-refractivity contribution in [2.75, 3.05) is 20.1 Å². The van der Waals surface area contributed by atoms with Crippen LogP contribution in [0.1, 0.15) is 30.0 Å². The Morgan fingerprint density at radius 1 is 1.62 bits per heavy atom. The Bertz CT molecular complexity index is 279. The van der Waals surface area contributed by atoms with Crippen molar-refractivity contribution in [3.8, 4) is 0 Å². The average Bonchev–Trinajstić information content (AvgIpc) is 2.51. The lowest BCUT2D eigenvalue weighted by molar-refractivity contribution is 0.248. The second-order valence-electron chi connectivity index (χ2n) is 4.07. The molecule has 1 fully saturated rings. The standard InChI is InChI=1S/C10H17N3/c1-8-6-11-12-10(8)9-4-3-5-13(2)7-9/h6,9H,3-5,7H2,1-2H3,(H,11,12)/t9-/m0/s1. The predicted molar refractivity (Wildman–Crippen MR) is 52.8 cm³/mol. The first-order chi connectivity index (χ1) is 6.27. The Kier molecular flexibility index (Phi) is 2.36. The number of rotatable bonds is 1. The van der Waals surface area contributed by atoms with Crippen LogP contribution >= 0.6 is 0 Å². The lowest BCUT2D eigenvalue weighted by Gasteiger charge is -2.29. The van der Waals surface area contributed by atoms with Crippen LogP contribution in [0.3, 0.4) is 0 Å².